The summed E-state index contributed by atoms with van der Waals surface area (Å²) in [4.78, 5) is 14.9. The van der Waals surface area contributed by atoms with Crippen LogP contribution in [0.1, 0.15) is 34.0 Å². The molecule has 1 unspecified atom stereocenters. The molecule has 1 aromatic heterocycles. The minimum Gasteiger partial charge on any atom is -0.476 e. The summed E-state index contributed by atoms with van der Waals surface area (Å²) in [5.41, 5.74) is 1.24. The fraction of sp³-hybridized carbons (Fsp3) is 0.154. The molecule has 2 N–H and O–H groups in total. The van der Waals surface area contributed by atoms with Crippen molar-refractivity contribution in [3.05, 3.63) is 44.3 Å². The SMILES string of the molecule is CC(Nc1cc(Br)ccc1C#N)c1nc(C(=O)O)cs1. The number of nitrogens with zero attached hydrogens (tertiary/aromatic N) is 2. The summed E-state index contributed by atoms with van der Waals surface area (Å²) in [6, 6.07) is 7.23. The van der Waals surface area contributed by atoms with Crippen molar-refractivity contribution < 1.29 is 9.90 Å². The molecule has 0 saturated heterocycles. The van der Waals surface area contributed by atoms with Gasteiger partial charge >= 0.3 is 5.97 Å². The van der Waals surface area contributed by atoms with Crippen LogP contribution in [0.2, 0.25) is 0 Å². The van der Waals surface area contributed by atoms with Gasteiger partial charge in [-0.05, 0) is 25.1 Å². The summed E-state index contributed by atoms with van der Waals surface area (Å²) >= 11 is 4.63. The normalized spacial score (nSPS) is 11.7. The van der Waals surface area contributed by atoms with E-state index >= 15 is 0 Å². The second-order valence-corrected chi connectivity index (χ2v) is 5.85. The molecule has 2 aromatic rings. The van der Waals surface area contributed by atoms with Crippen molar-refractivity contribution in [1.29, 1.82) is 5.26 Å². The van der Waals surface area contributed by atoms with Crippen LogP contribution >= 0.6 is 27.3 Å². The highest BCUT2D eigenvalue weighted by molar-refractivity contribution is 9.10. The van der Waals surface area contributed by atoms with Crippen molar-refractivity contribution in [2.75, 3.05) is 5.32 Å². The first-order valence-corrected chi connectivity index (χ1v) is 7.33. The van der Waals surface area contributed by atoms with Gasteiger partial charge in [-0.15, -0.1) is 11.3 Å². The molecule has 0 radical (unpaired) electrons. The Morgan fingerprint density at radius 2 is 2.35 bits per heavy atom. The van der Waals surface area contributed by atoms with Crippen molar-refractivity contribution in [1.82, 2.24) is 4.98 Å². The van der Waals surface area contributed by atoms with Crippen molar-refractivity contribution in [2.24, 2.45) is 0 Å². The van der Waals surface area contributed by atoms with Crippen LogP contribution in [-0.2, 0) is 0 Å². The second kappa shape index (κ2) is 6.03. The maximum Gasteiger partial charge on any atom is 0.355 e. The fourth-order valence-electron chi connectivity index (χ4n) is 1.61. The monoisotopic (exact) mass is 351 g/mol. The minimum atomic E-state index is -1.04. The Kier molecular flexibility index (Phi) is 4.37. The quantitative estimate of drug-likeness (QED) is 0.877. The second-order valence-electron chi connectivity index (χ2n) is 4.04. The number of carboxylic acid groups (broad SMARTS) is 1. The largest absolute Gasteiger partial charge is 0.476 e. The summed E-state index contributed by atoms with van der Waals surface area (Å²) in [5, 5.41) is 23.3. The molecule has 7 heteroatoms. The van der Waals surface area contributed by atoms with E-state index in [2.05, 4.69) is 32.3 Å². The Labute approximate surface area is 128 Å². The van der Waals surface area contributed by atoms with E-state index in [0.29, 0.717) is 16.3 Å². The number of aromatic carboxylic acids is 1. The molecule has 0 bridgehead atoms. The van der Waals surface area contributed by atoms with Crippen LogP contribution in [0.4, 0.5) is 5.69 Å². The third-order valence-electron chi connectivity index (χ3n) is 2.59. The summed E-state index contributed by atoms with van der Waals surface area (Å²) in [6.07, 6.45) is 0. The topological polar surface area (TPSA) is 86.0 Å². The maximum atomic E-state index is 10.8. The summed E-state index contributed by atoms with van der Waals surface area (Å²) in [6.45, 7) is 1.87. The third kappa shape index (κ3) is 3.15. The average Bonchev–Trinajstić information content (AvgIpc) is 2.89. The number of nitriles is 1. The van der Waals surface area contributed by atoms with Gasteiger partial charge in [0.1, 0.15) is 11.1 Å². The van der Waals surface area contributed by atoms with E-state index in [1.165, 1.54) is 16.7 Å². The maximum absolute atomic E-state index is 10.8. The van der Waals surface area contributed by atoms with Gasteiger partial charge in [-0.25, -0.2) is 9.78 Å². The Morgan fingerprint density at radius 1 is 1.60 bits per heavy atom. The van der Waals surface area contributed by atoms with Crippen LogP contribution in [0.3, 0.4) is 0 Å². The highest BCUT2D eigenvalue weighted by Crippen LogP contribution is 2.27. The first-order valence-electron chi connectivity index (χ1n) is 5.66. The molecule has 0 amide bonds. The zero-order valence-corrected chi connectivity index (χ0v) is 12.8. The zero-order valence-electron chi connectivity index (χ0n) is 10.4. The Bertz CT molecular complexity index is 693. The molecule has 20 heavy (non-hydrogen) atoms. The van der Waals surface area contributed by atoms with E-state index in [9.17, 15) is 4.79 Å². The number of rotatable bonds is 4. The molecule has 1 atom stereocenters. The fourth-order valence-corrected chi connectivity index (χ4v) is 2.77. The molecule has 2 rings (SSSR count). The Balaban J connectivity index is 2.23. The molecular formula is C13H10BrN3O2S. The number of carboxylic acids is 1. The van der Waals surface area contributed by atoms with Crippen LogP contribution in [0.15, 0.2) is 28.1 Å². The smallest absolute Gasteiger partial charge is 0.355 e. The van der Waals surface area contributed by atoms with Gasteiger partial charge in [0.2, 0.25) is 0 Å². The lowest BCUT2D eigenvalue weighted by Gasteiger charge is -2.14. The van der Waals surface area contributed by atoms with Gasteiger partial charge in [-0.2, -0.15) is 5.26 Å². The van der Waals surface area contributed by atoms with Crippen LogP contribution < -0.4 is 5.32 Å². The van der Waals surface area contributed by atoms with Gasteiger partial charge in [0.25, 0.3) is 0 Å². The van der Waals surface area contributed by atoms with Gasteiger partial charge < -0.3 is 10.4 Å². The molecule has 5 nitrogen and oxygen atoms in total. The van der Waals surface area contributed by atoms with Crippen molar-refractivity contribution in [3.63, 3.8) is 0 Å². The summed E-state index contributed by atoms with van der Waals surface area (Å²) < 4.78 is 0.858. The van der Waals surface area contributed by atoms with E-state index in [0.717, 1.165) is 4.47 Å². The van der Waals surface area contributed by atoms with Gasteiger partial charge in [0, 0.05) is 9.85 Å². The van der Waals surface area contributed by atoms with Crippen LogP contribution in [-0.4, -0.2) is 16.1 Å². The lowest BCUT2D eigenvalue weighted by atomic mass is 10.2. The predicted molar refractivity (Wildman–Crippen MR) is 80.0 cm³/mol. The number of hydrogen-bond donors (Lipinski definition) is 2. The molecule has 102 valence electrons. The molecule has 0 spiro atoms. The van der Waals surface area contributed by atoms with Crippen molar-refractivity contribution in [3.8, 4) is 6.07 Å². The molecule has 0 fully saturated rings. The van der Waals surface area contributed by atoms with Gasteiger partial charge in [-0.3, -0.25) is 0 Å². The van der Waals surface area contributed by atoms with Crippen LogP contribution in [0.25, 0.3) is 0 Å². The minimum absolute atomic E-state index is 0.0356. The van der Waals surface area contributed by atoms with E-state index in [-0.39, 0.29) is 11.7 Å². The van der Waals surface area contributed by atoms with E-state index in [4.69, 9.17) is 10.4 Å². The third-order valence-corrected chi connectivity index (χ3v) is 4.11. The van der Waals surface area contributed by atoms with Crippen LogP contribution in [0, 0.1) is 11.3 Å². The number of aromatic nitrogens is 1. The first kappa shape index (κ1) is 14.5. The van der Waals surface area contributed by atoms with Gasteiger partial charge in [0.05, 0.1) is 17.3 Å². The predicted octanol–water partition coefficient (Wildman–Crippen LogP) is 3.65. The van der Waals surface area contributed by atoms with Gasteiger partial charge in [0.15, 0.2) is 5.69 Å². The van der Waals surface area contributed by atoms with Crippen LogP contribution in [0.5, 0.6) is 0 Å². The lowest BCUT2D eigenvalue weighted by molar-refractivity contribution is 0.0691. The number of thiazole rings is 1. The number of hydrogen-bond acceptors (Lipinski definition) is 5. The van der Waals surface area contributed by atoms with E-state index in [1.54, 1.807) is 18.2 Å². The van der Waals surface area contributed by atoms with Crippen molar-refractivity contribution >= 4 is 38.9 Å². The molecule has 0 aliphatic heterocycles. The summed E-state index contributed by atoms with van der Waals surface area (Å²) in [7, 11) is 0. The first-order chi connectivity index (χ1) is 9.51. The number of halogens is 1. The number of anilines is 1. The van der Waals surface area contributed by atoms with Gasteiger partial charge in [-0.1, -0.05) is 15.9 Å². The number of carbonyl (C=O) groups is 1. The summed E-state index contributed by atoms with van der Waals surface area (Å²) in [5.74, 6) is -1.04. The Hall–Kier alpha value is -1.91. The number of nitrogens with one attached hydrogen (secondary N) is 1. The van der Waals surface area contributed by atoms with E-state index in [1.807, 2.05) is 6.92 Å². The molecule has 0 aliphatic rings. The molecule has 0 aliphatic carbocycles. The zero-order chi connectivity index (χ0) is 14.7. The number of benzene rings is 1. The molecule has 1 heterocycles. The standard InChI is InChI=1S/C13H10BrN3O2S/c1-7(12-17-11(6-20-12)13(18)19)16-10-4-9(14)3-2-8(10)5-15/h2-4,6-7,16H,1H3,(H,18,19). The Morgan fingerprint density at radius 3 is 2.95 bits per heavy atom. The van der Waals surface area contributed by atoms with E-state index < -0.39 is 5.97 Å². The molecule has 0 saturated carbocycles. The van der Waals surface area contributed by atoms with Crippen molar-refractivity contribution in [2.45, 2.75) is 13.0 Å². The highest BCUT2D eigenvalue weighted by Gasteiger charge is 2.15. The molecule has 1 aromatic carbocycles. The molecular weight excluding hydrogens is 342 g/mol. The average molecular weight is 352 g/mol. The lowest BCUT2D eigenvalue weighted by Crippen LogP contribution is -2.08. The highest BCUT2D eigenvalue weighted by atomic mass is 79.9.